The third-order valence-corrected chi connectivity index (χ3v) is 7.39. The van der Waals surface area contributed by atoms with Gasteiger partial charge >= 0.3 is 11.9 Å². The molecule has 0 saturated carbocycles. The van der Waals surface area contributed by atoms with Crippen molar-refractivity contribution in [2.45, 2.75) is 19.1 Å². The zero-order valence-electron chi connectivity index (χ0n) is 20.9. The number of halogens is 3. The topological polar surface area (TPSA) is 107 Å². The zero-order valence-corrected chi connectivity index (χ0v) is 22.4. The van der Waals surface area contributed by atoms with E-state index in [4.69, 9.17) is 26.4 Å². The number of hydrogen-bond acceptors (Lipinski definition) is 9. The van der Waals surface area contributed by atoms with Gasteiger partial charge in [-0.2, -0.15) is 0 Å². The molecule has 3 unspecified atom stereocenters. The van der Waals surface area contributed by atoms with Crippen LogP contribution in [-0.4, -0.2) is 90.2 Å². The molecule has 0 spiro atoms. The highest BCUT2D eigenvalue weighted by molar-refractivity contribution is 7.11. The first-order chi connectivity index (χ1) is 18.2. The van der Waals surface area contributed by atoms with Crippen LogP contribution in [0.3, 0.4) is 0 Å². The number of aliphatic carboxylic acids is 1. The Kier molecular flexibility index (Phi) is 9.08. The predicted octanol–water partition coefficient (Wildman–Crippen LogP) is 3.13. The van der Waals surface area contributed by atoms with Crippen LogP contribution < -0.4 is 5.32 Å². The smallest absolute Gasteiger partial charge is 0.338 e. The van der Waals surface area contributed by atoms with E-state index in [0.717, 1.165) is 6.07 Å². The largest absolute Gasteiger partial charge is 0.480 e. The lowest BCUT2D eigenvalue weighted by atomic mass is 9.95. The number of hydrogen-bond donors (Lipinski definition) is 2. The summed E-state index contributed by atoms with van der Waals surface area (Å²) < 4.78 is 34.2. The highest BCUT2D eigenvalue weighted by atomic mass is 35.5. The Balaban J connectivity index is 1.68. The van der Waals surface area contributed by atoms with Crippen LogP contribution in [0.25, 0.3) is 0 Å². The van der Waals surface area contributed by atoms with Gasteiger partial charge in [0.1, 0.15) is 18.0 Å². The molecule has 0 bridgehead atoms. The molecule has 2 aliphatic rings. The number of rotatable bonds is 10. The van der Waals surface area contributed by atoms with Gasteiger partial charge in [-0.3, -0.25) is 19.6 Å². The van der Waals surface area contributed by atoms with Crippen LogP contribution in [0, 0.1) is 11.7 Å². The molecule has 0 amide bonds. The first kappa shape index (κ1) is 28.1. The van der Waals surface area contributed by atoms with Crippen LogP contribution in [0.5, 0.6) is 0 Å². The van der Waals surface area contributed by atoms with Gasteiger partial charge in [0.25, 0.3) is 0 Å². The number of aliphatic imine (C=N–C) groups is 1. The standard InChI is InChI=1S/C25H28ClF2N5O4S/c1-3-37-25(36)21-19(12-33-10-14(18(28)11-33)9-32(2)13-20(34)35)30-23(24-29-6-7-38-24)31-22(21)16-5-4-15(27)8-17(16)26/h4-8,14,18,22H,3,9-13H2,1-2H3,(H,30,31)(H,34,35). The van der Waals surface area contributed by atoms with Crippen LogP contribution in [-0.2, 0) is 14.3 Å². The minimum Gasteiger partial charge on any atom is -0.480 e. The van der Waals surface area contributed by atoms with Crippen molar-refractivity contribution in [1.82, 2.24) is 20.1 Å². The van der Waals surface area contributed by atoms with Crippen molar-refractivity contribution in [2.24, 2.45) is 10.9 Å². The van der Waals surface area contributed by atoms with Gasteiger partial charge in [0.05, 0.1) is 18.7 Å². The second-order valence-electron chi connectivity index (χ2n) is 9.18. The van der Waals surface area contributed by atoms with E-state index in [0.29, 0.717) is 28.6 Å². The molecule has 1 fully saturated rings. The molecule has 204 valence electrons. The average Bonchev–Trinajstić information content (AvgIpc) is 3.48. The monoisotopic (exact) mass is 567 g/mol. The van der Waals surface area contributed by atoms with Gasteiger partial charge < -0.3 is 15.2 Å². The molecule has 4 rings (SSSR count). The Morgan fingerprint density at radius 3 is 2.82 bits per heavy atom. The fourth-order valence-electron chi connectivity index (χ4n) is 4.70. The molecule has 13 heteroatoms. The average molecular weight is 568 g/mol. The van der Waals surface area contributed by atoms with Crippen molar-refractivity contribution in [3.63, 3.8) is 0 Å². The Hall–Kier alpha value is -2.93. The summed E-state index contributed by atoms with van der Waals surface area (Å²) in [6.45, 7) is 2.54. The third kappa shape index (κ3) is 6.55. The van der Waals surface area contributed by atoms with Crippen molar-refractivity contribution in [3.8, 4) is 0 Å². The lowest BCUT2D eigenvalue weighted by Gasteiger charge is -2.29. The van der Waals surface area contributed by atoms with E-state index in [9.17, 15) is 18.4 Å². The van der Waals surface area contributed by atoms with E-state index in [2.05, 4.69) is 10.3 Å². The number of esters is 1. The van der Waals surface area contributed by atoms with E-state index in [1.165, 1.54) is 23.5 Å². The molecule has 38 heavy (non-hydrogen) atoms. The van der Waals surface area contributed by atoms with Gasteiger partial charge in [0.2, 0.25) is 0 Å². The van der Waals surface area contributed by atoms with Crippen LogP contribution in [0.15, 0.2) is 46.0 Å². The summed E-state index contributed by atoms with van der Waals surface area (Å²) in [5, 5.41) is 14.7. The van der Waals surface area contributed by atoms with Crippen molar-refractivity contribution in [2.75, 3.05) is 46.4 Å². The van der Waals surface area contributed by atoms with E-state index in [-0.39, 0.29) is 43.4 Å². The van der Waals surface area contributed by atoms with E-state index in [1.807, 2.05) is 4.90 Å². The summed E-state index contributed by atoms with van der Waals surface area (Å²) in [5.74, 6) is -2.11. The molecule has 3 heterocycles. The normalized spacial score (nSPS) is 21.9. The van der Waals surface area contributed by atoms with E-state index < -0.39 is 35.9 Å². The molecule has 2 aliphatic heterocycles. The molecule has 9 nitrogen and oxygen atoms in total. The maximum atomic E-state index is 15.0. The van der Waals surface area contributed by atoms with Crippen LogP contribution >= 0.6 is 22.9 Å². The Morgan fingerprint density at radius 2 is 2.16 bits per heavy atom. The molecule has 3 atom stereocenters. The van der Waals surface area contributed by atoms with Crippen LogP contribution in [0.1, 0.15) is 23.5 Å². The number of ether oxygens (including phenoxy) is 1. The van der Waals surface area contributed by atoms with Crippen molar-refractivity contribution < 1.29 is 28.2 Å². The summed E-state index contributed by atoms with van der Waals surface area (Å²) in [7, 11) is 1.64. The number of carboxylic acid groups (broad SMARTS) is 1. The molecule has 0 aliphatic carbocycles. The highest BCUT2D eigenvalue weighted by Gasteiger charge is 2.38. The van der Waals surface area contributed by atoms with Crippen LogP contribution in [0.2, 0.25) is 5.02 Å². The third-order valence-electron chi connectivity index (χ3n) is 6.28. The number of aromatic nitrogens is 1. The number of benzene rings is 1. The zero-order chi connectivity index (χ0) is 27.4. The van der Waals surface area contributed by atoms with Gasteiger partial charge in [-0.1, -0.05) is 17.7 Å². The lowest BCUT2D eigenvalue weighted by Crippen LogP contribution is -2.39. The summed E-state index contributed by atoms with van der Waals surface area (Å²) in [4.78, 5) is 36.7. The lowest BCUT2D eigenvalue weighted by molar-refractivity contribution is -0.139. The predicted molar refractivity (Wildman–Crippen MR) is 140 cm³/mol. The summed E-state index contributed by atoms with van der Waals surface area (Å²) in [6.07, 6.45) is 0.455. The van der Waals surface area contributed by atoms with Crippen LogP contribution in [0.4, 0.5) is 8.78 Å². The number of alkyl halides is 1. The highest BCUT2D eigenvalue weighted by Crippen LogP contribution is 2.37. The van der Waals surface area contributed by atoms with Crippen molar-refractivity contribution >= 4 is 40.7 Å². The molecule has 0 radical (unpaired) electrons. The maximum Gasteiger partial charge on any atom is 0.338 e. The number of thiazole rings is 1. The maximum absolute atomic E-state index is 15.0. The van der Waals surface area contributed by atoms with E-state index in [1.54, 1.807) is 30.4 Å². The Morgan fingerprint density at radius 1 is 1.37 bits per heavy atom. The fraction of sp³-hybridized carbons (Fsp3) is 0.440. The number of amidine groups is 1. The van der Waals surface area contributed by atoms with Gasteiger partial charge in [0, 0.05) is 60.0 Å². The number of likely N-dealkylation sites (N-methyl/N-ethyl adjacent to an activating group) is 1. The summed E-state index contributed by atoms with van der Waals surface area (Å²) >= 11 is 7.75. The second-order valence-corrected chi connectivity index (χ2v) is 10.5. The Labute approximate surface area is 227 Å². The molecule has 2 N–H and O–H groups in total. The molecular formula is C25H28ClF2N5O4S. The molecule has 1 aromatic carbocycles. The molecule has 1 aromatic heterocycles. The first-order valence-corrected chi connectivity index (χ1v) is 13.3. The number of carbonyl (C=O) groups is 2. The number of nitrogens with one attached hydrogen (secondary N) is 1. The molecule has 2 aromatic rings. The van der Waals surface area contributed by atoms with Gasteiger partial charge in [-0.25, -0.2) is 18.6 Å². The summed E-state index contributed by atoms with van der Waals surface area (Å²) in [5.41, 5.74) is 1.07. The second kappa shape index (κ2) is 12.3. The van der Waals surface area contributed by atoms with Gasteiger partial charge in [-0.15, -0.1) is 11.3 Å². The fourth-order valence-corrected chi connectivity index (χ4v) is 5.56. The minimum absolute atomic E-state index is 0.104. The number of nitrogens with zero attached hydrogens (tertiary/aromatic N) is 4. The summed E-state index contributed by atoms with van der Waals surface area (Å²) in [6, 6.07) is 2.98. The number of carbonyl (C=O) groups excluding carboxylic acids is 1. The van der Waals surface area contributed by atoms with Gasteiger partial charge in [0.15, 0.2) is 10.8 Å². The van der Waals surface area contributed by atoms with Gasteiger partial charge in [-0.05, 0) is 26.1 Å². The minimum atomic E-state index is -1.17. The quantitative estimate of drug-likeness (QED) is 0.422. The molecule has 1 saturated heterocycles. The first-order valence-electron chi connectivity index (χ1n) is 12.0. The van der Waals surface area contributed by atoms with Crippen molar-refractivity contribution in [1.29, 1.82) is 0 Å². The molecular weight excluding hydrogens is 540 g/mol. The Bertz CT molecular complexity index is 1240. The van der Waals surface area contributed by atoms with Crippen molar-refractivity contribution in [3.05, 3.63) is 62.5 Å². The number of likely N-dealkylation sites (tertiary alicyclic amines) is 1. The SMILES string of the molecule is CCOC(=O)C1=C(CN2CC(F)C(CN(C)CC(=O)O)C2)NC(c2nccs2)=NC1c1ccc(F)cc1Cl. The number of carboxylic acids is 1. The van der Waals surface area contributed by atoms with E-state index >= 15 is 0 Å².